The topological polar surface area (TPSA) is 128 Å². The molecule has 0 bridgehead atoms. The third-order valence-electron chi connectivity index (χ3n) is 7.35. The molecule has 214 valence electrons. The average Bonchev–Trinajstić information content (AvgIpc) is 3.67. The van der Waals surface area contributed by atoms with Gasteiger partial charge in [-0.15, -0.1) is 0 Å². The lowest BCUT2D eigenvalue weighted by atomic mass is 10.1. The fraction of sp³-hybridized carbons (Fsp3) is 0.333. The maximum Gasteiger partial charge on any atom is 0.414 e. The van der Waals surface area contributed by atoms with E-state index < -0.39 is 12.0 Å². The van der Waals surface area contributed by atoms with E-state index in [1.165, 1.54) is 18.6 Å². The van der Waals surface area contributed by atoms with E-state index >= 15 is 0 Å². The predicted molar refractivity (Wildman–Crippen MR) is 151 cm³/mol. The minimum absolute atomic E-state index is 0.0532. The molecule has 0 aliphatic carbocycles. The van der Waals surface area contributed by atoms with E-state index in [2.05, 4.69) is 15.1 Å². The second-order valence-electron chi connectivity index (χ2n) is 10.1. The zero-order valence-electron chi connectivity index (χ0n) is 22.8. The molecule has 41 heavy (non-hydrogen) atoms. The number of carbonyl (C=O) groups excluding carboxylic acids is 3. The van der Waals surface area contributed by atoms with Crippen LogP contribution in [0.3, 0.4) is 0 Å². The number of nitrogens with one attached hydrogen (secondary N) is 2. The van der Waals surface area contributed by atoms with Crippen molar-refractivity contribution in [1.82, 2.24) is 15.1 Å². The normalized spacial score (nSPS) is 18.5. The van der Waals surface area contributed by atoms with Crippen LogP contribution < -0.4 is 10.2 Å². The number of hydrogen-bond donors (Lipinski definition) is 2. The standard InChI is InChI=1S/C30H33N5O6/c1-21(29(37)40-19-22-5-3-2-4-6-22)34-14-12-33(13-15-34)17-26-18-35(30(38)41-26)25-9-7-23(8-10-25)27(31)32-28(36)24-11-16-39-20-24/h2-11,16,20-21,26H,12-15,17-19H2,1H3,(H2,31,32,36). The first kappa shape index (κ1) is 28.1. The van der Waals surface area contributed by atoms with E-state index in [-0.39, 0.29) is 30.6 Å². The van der Waals surface area contributed by atoms with Crippen molar-refractivity contribution in [3.63, 3.8) is 0 Å². The third-order valence-corrected chi connectivity index (χ3v) is 7.35. The number of hydrogen-bond acceptors (Lipinski definition) is 9. The van der Waals surface area contributed by atoms with Gasteiger partial charge in [-0.2, -0.15) is 0 Å². The number of esters is 1. The summed E-state index contributed by atoms with van der Waals surface area (Å²) >= 11 is 0. The Bertz CT molecular complexity index is 1350. The molecule has 2 amide bonds. The zero-order valence-corrected chi connectivity index (χ0v) is 22.8. The highest BCUT2D eigenvalue weighted by Gasteiger charge is 2.35. The van der Waals surface area contributed by atoms with Crippen LogP contribution in [0.25, 0.3) is 0 Å². The van der Waals surface area contributed by atoms with E-state index in [0.29, 0.717) is 29.9 Å². The summed E-state index contributed by atoms with van der Waals surface area (Å²) in [6, 6.07) is 17.6. The van der Waals surface area contributed by atoms with Gasteiger partial charge >= 0.3 is 12.1 Å². The van der Waals surface area contributed by atoms with Crippen molar-refractivity contribution < 1.29 is 28.3 Å². The van der Waals surface area contributed by atoms with Crippen molar-refractivity contribution in [3.05, 3.63) is 89.9 Å². The first-order valence-electron chi connectivity index (χ1n) is 13.5. The number of rotatable bonds is 9. The Morgan fingerprint density at radius 3 is 2.44 bits per heavy atom. The SMILES string of the molecule is CC(C(=O)OCc1ccccc1)N1CCN(CC2CN(c3ccc(C(=N)NC(=O)c4ccoc4)cc3)C(=O)O2)CC1. The average molecular weight is 560 g/mol. The lowest BCUT2D eigenvalue weighted by Crippen LogP contribution is -2.53. The molecule has 2 saturated heterocycles. The van der Waals surface area contributed by atoms with Crippen LogP contribution in [-0.2, 0) is 20.9 Å². The molecule has 0 radical (unpaired) electrons. The Balaban J connectivity index is 1.06. The number of amides is 2. The number of furan rings is 1. The van der Waals surface area contributed by atoms with E-state index in [1.807, 2.05) is 37.3 Å². The maximum atomic E-state index is 12.6. The molecule has 2 atom stereocenters. The predicted octanol–water partition coefficient (Wildman–Crippen LogP) is 3.11. The van der Waals surface area contributed by atoms with Gasteiger partial charge in [0, 0.05) is 44.0 Å². The Labute approximate surface area is 238 Å². The van der Waals surface area contributed by atoms with Gasteiger partial charge in [-0.1, -0.05) is 30.3 Å². The van der Waals surface area contributed by atoms with Crippen LogP contribution in [0, 0.1) is 5.41 Å². The molecule has 0 spiro atoms. The fourth-order valence-electron chi connectivity index (χ4n) is 4.91. The van der Waals surface area contributed by atoms with Gasteiger partial charge in [-0.25, -0.2) is 4.79 Å². The van der Waals surface area contributed by atoms with Gasteiger partial charge in [0.25, 0.3) is 5.91 Å². The molecule has 2 fully saturated rings. The van der Waals surface area contributed by atoms with Crippen molar-refractivity contribution >= 4 is 29.5 Å². The molecule has 2 aliphatic rings. The van der Waals surface area contributed by atoms with Gasteiger partial charge in [-0.3, -0.25) is 29.7 Å². The zero-order chi connectivity index (χ0) is 28.8. The fourth-order valence-corrected chi connectivity index (χ4v) is 4.91. The second kappa shape index (κ2) is 12.8. The van der Waals surface area contributed by atoms with Crippen LogP contribution in [0.15, 0.2) is 77.6 Å². The summed E-state index contributed by atoms with van der Waals surface area (Å²) < 4.78 is 16.0. The van der Waals surface area contributed by atoms with E-state index in [0.717, 1.165) is 31.7 Å². The van der Waals surface area contributed by atoms with Gasteiger partial charge in [0.05, 0.1) is 18.4 Å². The molecule has 11 heteroatoms. The van der Waals surface area contributed by atoms with Crippen LogP contribution in [-0.4, -0.2) is 85.0 Å². The molecular formula is C30H33N5O6. The van der Waals surface area contributed by atoms with Gasteiger partial charge in [0.15, 0.2) is 0 Å². The highest BCUT2D eigenvalue weighted by Crippen LogP contribution is 2.23. The second-order valence-corrected chi connectivity index (χ2v) is 10.1. The molecule has 2 aromatic carbocycles. The summed E-state index contributed by atoms with van der Waals surface area (Å²) in [5, 5.41) is 10.7. The molecule has 11 nitrogen and oxygen atoms in total. The third kappa shape index (κ3) is 7.00. The van der Waals surface area contributed by atoms with Gasteiger partial charge in [0.2, 0.25) is 0 Å². The van der Waals surface area contributed by atoms with Crippen LogP contribution in [0.1, 0.15) is 28.4 Å². The van der Waals surface area contributed by atoms with Crippen LogP contribution in [0.2, 0.25) is 0 Å². The smallest absolute Gasteiger partial charge is 0.414 e. The number of carbonyl (C=O) groups is 3. The van der Waals surface area contributed by atoms with E-state index in [1.54, 1.807) is 29.2 Å². The van der Waals surface area contributed by atoms with E-state index in [9.17, 15) is 14.4 Å². The maximum absolute atomic E-state index is 12.6. The molecule has 3 heterocycles. The molecule has 2 aliphatic heterocycles. The Morgan fingerprint density at radius 2 is 1.76 bits per heavy atom. The van der Waals surface area contributed by atoms with Gasteiger partial charge in [0.1, 0.15) is 30.9 Å². The minimum atomic E-state index is -0.433. The van der Waals surface area contributed by atoms with E-state index in [4.69, 9.17) is 19.3 Å². The highest BCUT2D eigenvalue weighted by atomic mass is 16.6. The number of benzene rings is 2. The molecule has 1 aromatic heterocycles. The lowest BCUT2D eigenvalue weighted by molar-refractivity contribution is -0.151. The van der Waals surface area contributed by atoms with Gasteiger partial charge in [-0.05, 0) is 42.8 Å². The number of anilines is 1. The number of cyclic esters (lactones) is 1. The van der Waals surface area contributed by atoms with Crippen molar-refractivity contribution in [2.45, 2.75) is 25.7 Å². The number of nitrogens with zero attached hydrogens (tertiary/aromatic N) is 3. The quantitative estimate of drug-likeness (QED) is 0.233. The molecule has 0 saturated carbocycles. The first-order valence-corrected chi connectivity index (χ1v) is 13.5. The number of amidine groups is 1. The van der Waals surface area contributed by atoms with Crippen LogP contribution in [0.4, 0.5) is 10.5 Å². The summed E-state index contributed by atoms with van der Waals surface area (Å²) in [6.45, 7) is 6.10. The summed E-state index contributed by atoms with van der Waals surface area (Å²) in [5.41, 5.74) is 2.45. The Kier molecular flexibility index (Phi) is 8.76. The highest BCUT2D eigenvalue weighted by molar-refractivity contribution is 6.11. The molecular weight excluding hydrogens is 526 g/mol. The Morgan fingerprint density at radius 1 is 1.02 bits per heavy atom. The molecule has 2 unspecified atom stereocenters. The van der Waals surface area contributed by atoms with Crippen LogP contribution in [0.5, 0.6) is 0 Å². The van der Waals surface area contributed by atoms with Crippen molar-refractivity contribution in [3.8, 4) is 0 Å². The number of ether oxygens (including phenoxy) is 2. The van der Waals surface area contributed by atoms with Crippen LogP contribution >= 0.6 is 0 Å². The van der Waals surface area contributed by atoms with Gasteiger partial charge < -0.3 is 19.2 Å². The monoisotopic (exact) mass is 559 g/mol. The summed E-state index contributed by atoms with van der Waals surface area (Å²) in [7, 11) is 0. The van der Waals surface area contributed by atoms with Crippen molar-refractivity contribution in [2.24, 2.45) is 0 Å². The summed E-state index contributed by atoms with van der Waals surface area (Å²) in [6.07, 6.45) is 2.00. The Hall–Kier alpha value is -4.48. The molecule has 5 rings (SSSR count). The largest absolute Gasteiger partial charge is 0.472 e. The lowest BCUT2D eigenvalue weighted by Gasteiger charge is -2.37. The summed E-state index contributed by atoms with van der Waals surface area (Å²) in [5.74, 6) is -0.719. The van der Waals surface area contributed by atoms with Crippen molar-refractivity contribution in [1.29, 1.82) is 5.41 Å². The molecule has 2 N–H and O–H groups in total. The number of piperazine rings is 1. The molecule has 3 aromatic rings. The van der Waals surface area contributed by atoms with Crippen molar-refractivity contribution in [2.75, 3.05) is 44.2 Å². The minimum Gasteiger partial charge on any atom is -0.472 e. The first-order chi connectivity index (χ1) is 19.9. The summed E-state index contributed by atoms with van der Waals surface area (Å²) in [4.78, 5) is 43.3.